The summed E-state index contributed by atoms with van der Waals surface area (Å²) >= 11 is 0. The summed E-state index contributed by atoms with van der Waals surface area (Å²) in [5.41, 5.74) is 0.612. The predicted molar refractivity (Wildman–Crippen MR) is 45.7 cm³/mol. The molecule has 0 amide bonds. The molecule has 0 aromatic heterocycles. The third-order valence-electron chi connectivity index (χ3n) is 2.96. The Kier molecular flexibility index (Phi) is 2.28. The van der Waals surface area contributed by atoms with Crippen LogP contribution in [0.4, 0.5) is 0 Å². The largest absolute Gasteiger partial charge is 0.550 e. The van der Waals surface area contributed by atoms with Gasteiger partial charge in [-0.3, -0.25) is 4.79 Å². The van der Waals surface area contributed by atoms with Crippen LogP contribution in [0.5, 0.6) is 0 Å². The highest BCUT2D eigenvalue weighted by Crippen LogP contribution is 2.42. The van der Waals surface area contributed by atoms with Crippen molar-refractivity contribution >= 4 is 11.8 Å². The molecule has 0 aromatic rings. The van der Waals surface area contributed by atoms with E-state index in [4.69, 9.17) is 0 Å². The second-order valence-electron chi connectivity index (χ2n) is 4.08. The maximum atomic E-state index is 11.4. The molecule has 0 spiro atoms. The minimum Gasteiger partial charge on any atom is -0.550 e. The summed E-state index contributed by atoms with van der Waals surface area (Å²) in [5.74, 6) is -1.70. The van der Waals surface area contributed by atoms with Crippen LogP contribution < -0.4 is 5.11 Å². The van der Waals surface area contributed by atoms with Crippen LogP contribution in [0.3, 0.4) is 0 Å². The van der Waals surface area contributed by atoms with Crippen molar-refractivity contribution in [3.05, 3.63) is 11.6 Å². The standard InChI is InChI=1S/C10H14O3/c1-6-4-8(11)7(5-9(12)13)10(6,2)3/h4,7H,5H2,1-3H3,(H,12,13)/p-1. The molecule has 0 N–H and O–H groups in total. The first-order chi connectivity index (χ1) is 5.85. The number of hydrogen-bond acceptors (Lipinski definition) is 3. The van der Waals surface area contributed by atoms with Gasteiger partial charge in [-0.1, -0.05) is 19.4 Å². The van der Waals surface area contributed by atoms with Crippen molar-refractivity contribution in [1.29, 1.82) is 0 Å². The van der Waals surface area contributed by atoms with Gasteiger partial charge in [-0.2, -0.15) is 0 Å². The van der Waals surface area contributed by atoms with Gasteiger partial charge in [0.05, 0.1) is 0 Å². The molecule has 3 nitrogen and oxygen atoms in total. The number of aliphatic carboxylic acids is 1. The van der Waals surface area contributed by atoms with Crippen molar-refractivity contribution < 1.29 is 14.7 Å². The molecule has 0 saturated heterocycles. The van der Waals surface area contributed by atoms with Gasteiger partial charge in [0.2, 0.25) is 0 Å². The third kappa shape index (κ3) is 1.64. The molecule has 0 aromatic carbocycles. The summed E-state index contributed by atoms with van der Waals surface area (Å²) < 4.78 is 0. The van der Waals surface area contributed by atoms with E-state index in [9.17, 15) is 14.7 Å². The summed E-state index contributed by atoms with van der Waals surface area (Å²) in [6, 6.07) is 0. The van der Waals surface area contributed by atoms with E-state index in [2.05, 4.69) is 0 Å². The number of allylic oxidation sites excluding steroid dienone is 2. The highest BCUT2D eigenvalue weighted by molar-refractivity contribution is 5.98. The molecule has 72 valence electrons. The average molecular weight is 181 g/mol. The average Bonchev–Trinajstić information content (AvgIpc) is 2.13. The Hall–Kier alpha value is -1.12. The fraction of sp³-hybridized carbons (Fsp3) is 0.600. The Morgan fingerprint density at radius 1 is 1.62 bits per heavy atom. The van der Waals surface area contributed by atoms with Crippen LogP contribution >= 0.6 is 0 Å². The van der Waals surface area contributed by atoms with E-state index in [-0.39, 0.29) is 17.6 Å². The Balaban J connectivity index is 2.89. The lowest BCUT2D eigenvalue weighted by molar-refractivity contribution is -0.307. The fourth-order valence-electron chi connectivity index (χ4n) is 1.65. The van der Waals surface area contributed by atoms with Gasteiger partial charge < -0.3 is 9.90 Å². The lowest BCUT2D eigenvalue weighted by atomic mass is 9.76. The van der Waals surface area contributed by atoms with Crippen molar-refractivity contribution in [2.45, 2.75) is 27.2 Å². The summed E-state index contributed by atoms with van der Waals surface area (Å²) in [5, 5.41) is 10.4. The molecule has 1 aliphatic carbocycles. The molecule has 3 heteroatoms. The number of rotatable bonds is 2. The van der Waals surface area contributed by atoms with Gasteiger partial charge in [0.25, 0.3) is 0 Å². The van der Waals surface area contributed by atoms with Crippen LogP contribution in [-0.2, 0) is 9.59 Å². The van der Waals surface area contributed by atoms with Crippen molar-refractivity contribution in [3.8, 4) is 0 Å². The van der Waals surface area contributed by atoms with Crippen LogP contribution in [0.25, 0.3) is 0 Å². The molecule has 1 aliphatic rings. The first kappa shape index (κ1) is 9.96. The number of hydrogen-bond donors (Lipinski definition) is 0. The molecule has 0 radical (unpaired) electrons. The van der Waals surface area contributed by atoms with Crippen LogP contribution in [0, 0.1) is 11.3 Å². The summed E-state index contributed by atoms with van der Waals surface area (Å²) in [7, 11) is 0. The van der Waals surface area contributed by atoms with E-state index in [1.165, 1.54) is 6.08 Å². The van der Waals surface area contributed by atoms with Crippen molar-refractivity contribution in [1.82, 2.24) is 0 Å². The molecule has 0 bridgehead atoms. The zero-order valence-electron chi connectivity index (χ0n) is 8.09. The van der Waals surface area contributed by atoms with E-state index in [0.717, 1.165) is 5.57 Å². The number of carboxylic acid groups (broad SMARTS) is 1. The maximum Gasteiger partial charge on any atom is 0.159 e. The van der Waals surface area contributed by atoms with Crippen molar-refractivity contribution in [2.24, 2.45) is 11.3 Å². The normalized spacial score (nSPS) is 25.9. The lowest BCUT2D eigenvalue weighted by Crippen LogP contribution is -2.33. The fourth-order valence-corrected chi connectivity index (χ4v) is 1.65. The van der Waals surface area contributed by atoms with Crippen LogP contribution in [0.2, 0.25) is 0 Å². The lowest BCUT2D eigenvalue weighted by Gasteiger charge is -2.28. The number of carbonyl (C=O) groups is 2. The van der Waals surface area contributed by atoms with Gasteiger partial charge in [0.1, 0.15) is 0 Å². The molecule has 1 unspecified atom stereocenters. The molecule has 1 atom stereocenters. The Labute approximate surface area is 77.4 Å². The Morgan fingerprint density at radius 2 is 2.15 bits per heavy atom. The molecule has 1 rings (SSSR count). The molecular formula is C10H13O3-. The second-order valence-corrected chi connectivity index (χ2v) is 4.08. The molecule has 13 heavy (non-hydrogen) atoms. The number of ketones is 1. The minimum absolute atomic E-state index is 0.0910. The number of carbonyl (C=O) groups excluding carboxylic acids is 2. The zero-order valence-corrected chi connectivity index (χ0v) is 8.09. The summed E-state index contributed by atoms with van der Waals surface area (Å²) in [6.45, 7) is 5.63. The van der Waals surface area contributed by atoms with Crippen LogP contribution in [0.15, 0.2) is 11.6 Å². The van der Waals surface area contributed by atoms with Gasteiger partial charge in [-0.05, 0) is 24.8 Å². The highest BCUT2D eigenvalue weighted by atomic mass is 16.4. The Morgan fingerprint density at radius 3 is 2.46 bits per heavy atom. The first-order valence-electron chi connectivity index (χ1n) is 4.28. The Bertz CT molecular complexity index is 287. The molecule has 0 saturated carbocycles. The van der Waals surface area contributed by atoms with Crippen LogP contribution in [-0.4, -0.2) is 11.8 Å². The quantitative estimate of drug-likeness (QED) is 0.615. The maximum absolute atomic E-state index is 11.4. The number of carboxylic acids is 1. The highest BCUT2D eigenvalue weighted by Gasteiger charge is 2.40. The van der Waals surface area contributed by atoms with Crippen molar-refractivity contribution in [3.63, 3.8) is 0 Å². The van der Waals surface area contributed by atoms with E-state index < -0.39 is 11.9 Å². The SMILES string of the molecule is CC1=CC(=O)C(CC(=O)[O-])C1(C)C. The van der Waals surface area contributed by atoms with Crippen molar-refractivity contribution in [2.75, 3.05) is 0 Å². The summed E-state index contributed by atoms with van der Waals surface area (Å²) in [4.78, 5) is 21.8. The molecule has 0 fully saturated rings. The van der Waals surface area contributed by atoms with Gasteiger partial charge >= 0.3 is 0 Å². The topological polar surface area (TPSA) is 57.2 Å². The second kappa shape index (κ2) is 2.98. The zero-order chi connectivity index (χ0) is 10.2. The van der Waals surface area contributed by atoms with E-state index in [1.54, 1.807) is 0 Å². The van der Waals surface area contributed by atoms with E-state index >= 15 is 0 Å². The smallest absolute Gasteiger partial charge is 0.159 e. The molecular weight excluding hydrogens is 168 g/mol. The third-order valence-corrected chi connectivity index (χ3v) is 2.96. The molecule has 0 heterocycles. The van der Waals surface area contributed by atoms with Gasteiger partial charge in [0.15, 0.2) is 5.78 Å². The van der Waals surface area contributed by atoms with Gasteiger partial charge in [0, 0.05) is 11.9 Å². The first-order valence-corrected chi connectivity index (χ1v) is 4.28. The van der Waals surface area contributed by atoms with E-state index in [0.29, 0.717) is 0 Å². The van der Waals surface area contributed by atoms with Gasteiger partial charge in [-0.15, -0.1) is 0 Å². The predicted octanol–water partition coefficient (Wildman–Crippen LogP) is 0.298. The van der Waals surface area contributed by atoms with Gasteiger partial charge in [-0.25, -0.2) is 0 Å². The monoisotopic (exact) mass is 181 g/mol. The van der Waals surface area contributed by atoms with E-state index in [1.807, 2.05) is 20.8 Å². The summed E-state index contributed by atoms with van der Waals surface area (Å²) in [6.07, 6.45) is 1.35. The van der Waals surface area contributed by atoms with Crippen LogP contribution in [0.1, 0.15) is 27.2 Å². The molecule has 0 aliphatic heterocycles. The minimum atomic E-state index is -1.16.